The predicted octanol–water partition coefficient (Wildman–Crippen LogP) is 4.13. The molecule has 184 valence electrons. The summed E-state index contributed by atoms with van der Waals surface area (Å²) in [5.41, 5.74) is 2.81. The third-order valence-electron chi connectivity index (χ3n) is 6.32. The van der Waals surface area contributed by atoms with E-state index in [0.717, 1.165) is 37.7 Å². The summed E-state index contributed by atoms with van der Waals surface area (Å²) >= 11 is 0. The second-order valence-corrected chi connectivity index (χ2v) is 10.7. The number of amides is 2. The van der Waals surface area contributed by atoms with Crippen LogP contribution in [-0.4, -0.2) is 44.8 Å². The SMILES string of the molecule is CCCCc1ccc(NS(=O)(=O)c2ccc(C)c(C(=O)N3CCC(CNC(C)=O)CC3)c2)cc1. The summed E-state index contributed by atoms with van der Waals surface area (Å²) in [5.74, 6) is 0.138. The molecule has 2 amide bonds. The first-order valence-electron chi connectivity index (χ1n) is 12.0. The van der Waals surface area contributed by atoms with E-state index in [9.17, 15) is 18.0 Å². The van der Waals surface area contributed by atoms with Crippen molar-refractivity contribution in [2.75, 3.05) is 24.4 Å². The number of hydrogen-bond donors (Lipinski definition) is 2. The Labute approximate surface area is 203 Å². The Balaban J connectivity index is 1.69. The number of carbonyl (C=O) groups excluding carboxylic acids is 2. The first-order chi connectivity index (χ1) is 16.2. The van der Waals surface area contributed by atoms with Gasteiger partial charge in [-0.15, -0.1) is 0 Å². The molecule has 0 saturated carbocycles. The van der Waals surface area contributed by atoms with Crippen LogP contribution in [0.1, 0.15) is 61.0 Å². The van der Waals surface area contributed by atoms with E-state index in [1.807, 2.05) is 19.1 Å². The summed E-state index contributed by atoms with van der Waals surface area (Å²) < 4.78 is 28.7. The number of benzene rings is 2. The average molecular weight is 486 g/mol. The lowest BCUT2D eigenvalue weighted by atomic mass is 9.96. The van der Waals surface area contributed by atoms with E-state index in [0.29, 0.717) is 36.8 Å². The highest BCUT2D eigenvalue weighted by molar-refractivity contribution is 7.92. The molecule has 2 N–H and O–H groups in total. The fourth-order valence-electron chi connectivity index (χ4n) is 4.13. The lowest BCUT2D eigenvalue weighted by Gasteiger charge is -2.32. The minimum atomic E-state index is -3.83. The molecule has 2 aromatic carbocycles. The molecule has 1 saturated heterocycles. The van der Waals surface area contributed by atoms with E-state index in [2.05, 4.69) is 17.0 Å². The molecule has 0 atom stereocenters. The van der Waals surface area contributed by atoms with Crippen molar-refractivity contribution in [2.45, 2.75) is 57.8 Å². The zero-order valence-electron chi connectivity index (χ0n) is 20.3. The maximum absolute atomic E-state index is 13.2. The summed E-state index contributed by atoms with van der Waals surface area (Å²) in [6, 6.07) is 12.1. The number of carbonyl (C=O) groups is 2. The average Bonchev–Trinajstić information content (AvgIpc) is 2.82. The second kappa shape index (κ2) is 11.5. The molecular formula is C26H35N3O4S. The molecule has 0 spiro atoms. The Kier molecular flexibility index (Phi) is 8.72. The third kappa shape index (κ3) is 6.82. The quantitative estimate of drug-likeness (QED) is 0.558. The van der Waals surface area contributed by atoms with Crippen LogP contribution >= 0.6 is 0 Å². The number of anilines is 1. The number of piperidine rings is 1. The Hall–Kier alpha value is -2.87. The number of hydrogen-bond acceptors (Lipinski definition) is 4. The number of aryl methyl sites for hydroxylation is 2. The number of nitrogens with zero attached hydrogens (tertiary/aromatic N) is 1. The highest BCUT2D eigenvalue weighted by Crippen LogP contribution is 2.23. The van der Waals surface area contributed by atoms with Crippen molar-refractivity contribution >= 4 is 27.5 Å². The molecule has 7 nitrogen and oxygen atoms in total. The fraction of sp³-hybridized carbons (Fsp3) is 0.462. The summed E-state index contributed by atoms with van der Waals surface area (Å²) in [6.07, 6.45) is 4.78. The maximum atomic E-state index is 13.2. The van der Waals surface area contributed by atoms with Gasteiger partial charge in [0, 0.05) is 37.8 Å². The van der Waals surface area contributed by atoms with Gasteiger partial charge in [0.05, 0.1) is 4.90 Å². The van der Waals surface area contributed by atoms with Crippen molar-refractivity contribution in [3.05, 3.63) is 59.2 Å². The molecule has 1 aliphatic rings. The number of unbranched alkanes of at least 4 members (excludes halogenated alkanes) is 1. The minimum Gasteiger partial charge on any atom is -0.356 e. The summed E-state index contributed by atoms with van der Waals surface area (Å²) in [5, 5.41) is 2.84. The first-order valence-corrected chi connectivity index (χ1v) is 13.4. The Morgan fingerprint density at radius 2 is 1.74 bits per heavy atom. The summed E-state index contributed by atoms with van der Waals surface area (Å²) in [4.78, 5) is 26.2. The van der Waals surface area contributed by atoms with Crippen LogP contribution in [0.15, 0.2) is 47.4 Å². The van der Waals surface area contributed by atoms with E-state index < -0.39 is 10.0 Å². The van der Waals surface area contributed by atoms with Crippen LogP contribution in [0, 0.1) is 12.8 Å². The lowest BCUT2D eigenvalue weighted by Crippen LogP contribution is -2.41. The van der Waals surface area contributed by atoms with Crippen LogP contribution in [0.4, 0.5) is 5.69 Å². The molecule has 2 aromatic rings. The van der Waals surface area contributed by atoms with Crippen molar-refractivity contribution in [2.24, 2.45) is 5.92 Å². The van der Waals surface area contributed by atoms with Crippen molar-refractivity contribution in [1.29, 1.82) is 0 Å². The molecule has 0 radical (unpaired) electrons. The number of nitrogens with one attached hydrogen (secondary N) is 2. The van der Waals surface area contributed by atoms with Crippen LogP contribution in [0.3, 0.4) is 0 Å². The lowest BCUT2D eigenvalue weighted by molar-refractivity contribution is -0.119. The highest BCUT2D eigenvalue weighted by atomic mass is 32.2. The van der Waals surface area contributed by atoms with Crippen molar-refractivity contribution in [3.63, 3.8) is 0 Å². The van der Waals surface area contributed by atoms with Gasteiger partial charge in [-0.25, -0.2) is 8.42 Å². The van der Waals surface area contributed by atoms with Gasteiger partial charge in [0.25, 0.3) is 15.9 Å². The van der Waals surface area contributed by atoms with E-state index in [1.54, 1.807) is 23.1 Å². The molecule has 0 unspecified atom stereocenters. The molecular weight excluding hydrogens is 450 g/mol. The third-order valence-corrected chi connectivity index (χ3v) is 7.70. The van der Waals surface area contributed by atoms with Crippen LogP contribution in [0.2, 0.25) is 0 Å². The van der Waals surface area contributed by atoms with Gasteiger partial charge >= 0.3 is 0 Å². The molecule has 0 aliphatic carbocycles. The standard InChI is InChI=1S/C26H35N3O4S/c1-4-5-6-21-8-10-23(11-9-21)28-34(32,33)24-12-7-19(2)25(17-24)26(31)29-15-13-22(14-16-29)18-27-20(3)30/h7-12,17,22,28H,4-6,13-16,18H2,1-3H3,(H,27,30). The van der Waals surface area contributed by atoms with Gasteiger partial charge < -0.3 is 10.2 Å². The van der Waals surface area contributed by atoms with Gasteiger partial charge in [-0.2, -0.15) is 0 Å². The molecule has 1 heterocycles. The van der Waals surface area contributed by atoms with Crippen molar-refractivity contribution in [3.8, 4) is 0 Å². The Bertz CT molecular complexity index is 1110. The molecule has 3 rings (SSSR count). The Morgan fingerprint density at radius 1 is 1.06 bits per heavy atom. The zero-order chi connectivity index (χ0) is 24.7. The van der Waals surface area contributed by atoms with E-state index >= 15 is 0 Å². The zero-order valence-corrected chi connectivity index (χ0v) is 21.1. The van der Waals surface area contributed by atoms with E-state index in [1.165, 1.54) is 24.6 Å². The largest absolute Gasteiger partial charge is 0.356 e. The number of rotatable bonds is 9. The molecule has 0 bridgehead atoms. The molecule has 34 heavy (non-hydrogen) atoms. The Morgan fingerprint density at radius 3 is 2.35 bits per heavy atom. The van der Waals surface area contributed by atoms with Crippen LogP contribution in [0.5, 0.6) is 0 Å². The monoisotopic (exact) mass is 485 g/mol. The predicted molar refractivity (Wildman–Crippen MR) is 134 cm³/mol. The van der Waals surface area contributed by atoms with Gasteiger partial charge in [-0.3, -0.25) is 14.3 Å². The van der Waals surface area contributed by atoms with Gasteiger partial charge in [0.2, 0.25) is 5.91 Å². The molecule has 0 aromatic heterocycles. The fourth-order valence-corrected chi connectivity index (χ4v) is 5.22. The number of sulfonamides is 1. The molecule has 1 aliphatic heterocycles. The van der Waals surface area contributed by atoms with Gasteiger partial charge in [0.1, 0.15) is 0 Å². The van der Waals surface area contributed by atoms with Gasteiger partial charge in [-0.1, -0.05) is 31.5 Å². The van der Waals surface area contributed by atoms with Crippen molar-refractivity contribution < 1.29 is 18.0 Å². The van der Waals surface area contributed by atoms with Crippen LogP contribution < -0.4 is 10.0 Å². The second-order valence-electron chi connectivity index (χ2n) is 9.06. The first kappa shape index (κ1) is 25.7. The summed E-state index contributed by atoms with van der Waals surface area (Å²) in [7, 11) is -3.83. The van der Waals surface area contributed by atoms with Gasteiger partial charge in [0.15, 0.2) is 0 Å². The smallest absolute Gasteiger partial charge is 0.261 e. The topological polar surface area (TPSA) is 95.6 Å². The van der Waals surface area contributed by atoms with Crippen LogP contribution in [0.25, 0.3) is 0 Å². The van der Waals surface area contributed by atoms with Gasteiger partial charge in [-0.05, 0) is 73.9 Å². The van der Waals surface area contributed by atoms with E-state index in [-0.39, 0.29) is 16.7 Å². The molecule has 1 fully saturated rings. The maximum Gasteiger partial charge on any atom is 0.261 e. The van der Waals surface area contributed by atoms with Crippen molar-refractivity contribution in [1.82, 2.24) is 10.2 Å². The normalized spacial score (nSPS) is 14.6. The summed E-state index contributed by atoms with van der Waals surface area (Å²) in [6.45, 7) is 7.24. The van der Waals surface area contributed by atoms with Crippen LogP contribution in [-0.2, 0) is 21.2 Å². The molecule has 8 heteroatoms. The van der Waals surface area contributed by atoms with E-state index in [4.69, 9.17) is 0 Å². The minimum absolute atomic E-state index is 0.0480. The number of likely N-dealkylation sites (tertiary alicyclic amines) is 1. The highest BCUT2D eigenvalue weighted by Gasteiger charge is 2.26.